The van der Waals surface area contributed by atoms with E-state index >= 15 is 0 Å². The fourth-order valence-electron chi connectivity index (χ4n) is 3.81. The van der Waals surface area contributed by atoms with Gasteiger partial charge in [0.1, 0.15) is 11.3 Å². The summed E-state index contributed by atoms with van der Waals surface area (Å²) in [5.41, 5.74) is -0.0689. The van der Waals surface area contributed by atoms with Crippen LogP contribution in [-0.2, 0) is 9.59 Å². The second kappa shape index (κ2) is 8.17. The van der Waals surface area contributed by atoms with Gasteiger partial charge in [0.05, 0.1) is 12.1 Å². The summed E-state index contributed by atoms with van der Waals surface area (Å²) in [5.74, 6) is 0.415. The Bertz CT molecular complexity index is 809. The largest absolute Gasteiger partial charge is 0.495 e. The Morgan fingerprint density at radius 3 is 2.54 bits per heavy atom. The number of amides is 4. The number of carbonyl (C=O) groups is 3. The number of nitrogens with one attached hydrogen (secondary N) is 2. The lowest BCUT2D eigenvalue weighted by Crippen LogP contribution is -2.45. The van der Waals surface area contributed by atoms with Gasteiger partial charge in [-0.05, 0) is 44.2 Å². The van der Waals surface area contributed by atoms with Gasteiger partial charge in [-0.25, -0.2) is 4.79 Å². The van der Waals surface area contributed by atoms with E-state index in [0.717, 1.165) is 18.4 Å². The number of nitrogens with zero attached hydrogens (tertiary/aromatic N) is 1. The molecule has 4 amide bonds. The first-order chi connectivity index (χ1) is 13.2. The van der Waals surface area contributed by atoms with Crippen LogP contribution in [0.1, 0.15) is 44.1 Å². The number of halogens is 2. The Morgan fingerprint density at radius 1 is 1.29 bits per heavy atom. The number of methoxy groups -OCH3 is 1. The molecule has 152 valence electrons. The van der Waals surface area contributed by atoms with E-state index in [2.05, 4.69) is 10.6 Å². The monoisotopic (exact) mass is 427 g/mol. The van der Waals surface area contributed by atoms with Crippen molar-refractivity contribution in [3.8, 4) is 5.75 Å². The molecule has 1 aromatic carbocycles. The Balaban J connectivity index is 1.58. The zero-order valence-electron chi connectivity index (χ0n) is 15.8. The van der Waals surface area contributed by atoms with Crippen molar-refractivity contribution in [1.82, 2.24) is 15.5 Å². The lowest BCUT2D eigenvalue weighted by atomic mass is 9.88. The van der Waals surface area contributed by atoms with Crippen molar-refractivity contribution in [2.24, 2.45) is 0 Å². The van der Waals surface area contributed by atoms with Crippen molar-refractivity contribution < 1.29 is 19.1 Å². The maximum absolute atomic E-state index is 12.6. The minimum absolute atomic E-state index is 0.0234. The first-order valence-corrected chi connectivity index (χ1v) is 9.93. The number of benzene rings is 1. The zero-order valence-corrected chi connectivity index (χ0v) is 17.3. The molecule has 0 spiro atoms. The molecule has 1 unspecified atom stereocenters. The molecule has 9 heteroatoms. The van der Waals surface area contributed by atoms with E-state index in [4.69, 9.17) is 27.9 Å². The van der Waals surface area contributed by atoms with E-state index in [1.807, 2.05) is 6.07 Å². The second-order valence-corrected chi connectivity index (χ2v) is 8.25. The standard InChI is InChI=1S/C19H23Cl2N3O4/c1-19(17(26)22-18(27)23-19)6-3-15(25)24-7-4-11(5-8-24)13-9-12(20)10-14(21)16(13)28-2/h9-11H,3-8H2,1-2H3,(H2,22,23,26,27). The van der Waals surface area contributed by atoms with Crippen LogP contribution in [0.4, 0.5) is 4.79 Å². The van der Waals surface area contributed by atoms with Gasteiger partial charge >= 0.3 is 6.03 Å². The molecule has 1 aromatic rings. The van der Waals surface area contributed by atoms with E-state index in [-0.39, 0.29) is 24.7 Å². The maximum atomic E-state index is 12.6. The van der Waals surface area contributed by atoms with E-state index in [0.29, 0.717) is 28.9 Å². The van der Waals surface area contributed by atoms with Crippen LogP contribution in [0.3, 0.4) is 0 Å². The van der Waals surface area contributed by atoms with E-state index < -0.39 is 17.5 Å². The Kier molecular flexibility index (Phi) is 6.05. The van der Waals surface area contributed by atoms with Crippen LogP contribution >= 0.6 is 23.2 Å². The molecule has 0 aromatic heterocycles. The van der Waals surface area contributed by atoms with Crippen LogP contribution in [0.2, 0.25) is 10.0 Å². The first kappa shape index (κ1) is 20.7. The number of ether oxygens (including phenoxy) is 1. The fraction of sp³-hybridized carbons (Fsp3) is 0.526. The summed E-state index contributed by atoms with van der Waals surface area (Å²) < 4.78 is 5.44. The highest BCUT2D eigenvalue weighted by Crippen LogP contribution is 2.40. The van der Waals surface area contributed by atoms with Gasteiger partial charge in [-0.3, -0.25) is 14.9 Å². The number of hydrogen-bond acceptors (Lipinski definition) is 4. The molecule has 2 N–H and O–H groups in total. The lowest BCUT2D eigenvalue weighted by Gasteiger charge is -2.33. The molecule has 2 aliphatic rings. The van der Waals surface area contributed by atoms with Crippen LogP contribution in [-0.4, -0.2) is 48.5 Å². The van der Waals surface area contributed by atoms with E-state index in [9.17, 15) is 14.4 Å². The number of piperidine rings is 1. The Hall–Kier alpha value is -1.99. The van der Waals surface area contributed by atoms with Gasteiger partial charge in [0.15, 0.2) is 0 Å². The summed E-state index contributed by atoms with van der Waals surface area (Å²) in [7, 11) is 1.58. The Morgan fingerprint density at radius 2 is 1.96 bits per heavy atom. The molecule has 2 heterocycles. The third kappa shape index (κ3) is 4.20. The normalized spacial score (nSPS) is 22.8. The highest BCUT2D eigenvalue weighted by atomic mass is 35.5. The molecule has 3 rings (SSSR count). The van der Waals surface area contributed by atoms with Crippen molar-refractivity contribution in [2.75, 3.05) is 20.2 Å². The van der Waals surface area contributed by atoms with Gasteiger partial charge in [0.2, 0.25) is 5.91 Å². The lowest BCUT2D eigenvalue weighted by molar-refractivity contribution is -0.133. The first-order valence-electron chi connectivity index (χ1n) is 9.18. The summed E-state index contributed by atoms with van der Waals surface area (Å²) >= 11 is 12.4. The molecular formula is C19H23Cl2N3O4. The summed E-state index contributed by atoms with van der Waals surface area (Å²) in [6, 6.07) is 3.01. The van der Waals surface area contributed by atoms with Crippen LogP contribution in [0.5, 0.6) is 5.75 Å². The van der Waals surface area contributed by atoms with Gasteiger partial charge in [0.25, 0.3) is 5.91 Å². The van der Waals surface area contributed by atoms with E-state index in [1.165, 1.54) is 0 Å². The molecule has 7 nitrogen and oxygen atoms in total. The van der Waals surface area contributed by atoms with Crippen molar-refractivity contribution in [3.05, 3.63) is 27.7 Å². The van der Waals surface area contributed by atoms with Crippen molar-refractivity contribution >= 4 is 41.0 Å². The van der Waals surface area contributed by atoms with Crippen LogP contribution in [0.15, 0.2) is 12.1 Å². The predicted octanol–water partition coefficient (Wildman–Crippen LogP) is 3.09. The minimum Gasteiger partial charge on any atom is -0.495 e. The number of hydrogen-bond donors (Lipinski definition) is 2. The topological polar surface area (TPSA) is 87.7 Å². The molecule has 2 saturated heterocycles. The molecule has 0 saturated carbocycles. The van der Waals surface area contributed by atoms with Gasteiger partial charge in [-0.1, -0.05) is 23.2 Å². The summed E-state index contributed by atoms with van der Waals surface area (Å²) in [5, 5.41) is 5.83. The molecular weight excluding hydrogens is 405 g/mol. The summed E-state index contributed by atoms with van der Waals surface area (Å²) in [4.78, 5) is 37.5. The fourth-order valence-corrected chi connectivity index (χ4v) is 4.40. The SMILES string of the molecule is COc1c(Cl)cc(Cl)cc1C1CCN(C(=O)CCC2(C)NC(=O)NC2=O)CC1. The molecule has 2 fully saturated rings. The Labute approximate surface area is 173 Å². The van der Waals surface area contributed by atoms with Crippen molar-refractivity contribution in [1.29, 1.82) is 0 Å². The molecule has 2 aliphatic heterocycles. The molecule has 0 radical (unpaired) electrons. The van der Waals surface area contributed by atoms with Crippen LogP contribution in [0, 0.1) is 0 Å². The van der Waals surface area contributed by atoms with Crippen LogP contribution in [0.25, 0.3) is 0 Å². The second-order valence-electron chi connectivity index (χ2n) is 7.41. The average molecular weight is 428 g/mol. The maximum Gasteiger partial charge on any atom is 0.322 e. The van der Waals surface area contributed by atoms with E-state index in [1.54, 1.807) is 25.0 Å². The quantitative estimate of drug-likeness (QED) is 0.706. The molecule has 1 atom stereocenters. The smallest absolute Gasteiger partial charge is 0.322 e. The van der Waals surface area contributed by atoms with Crippen molar-refractivity contribution in [3.63, 3.8) is 0 Å². The zero-order chi connectivity index (χ0) is 20.5. The van der Waals surface area contributed by atoms with Gasteiger partial charge in [0, 0.05) is 30.1 Å². The molecule has 0 aliphatic carbocycles. The minimum atomic E-state index is -1.03. The number of likely N-dealkylation sites (tertiary alicyclic amines) is 1. The van der Waals surface area contributed by atoms with Gasteiger partial charge < -0.3 is 15.0 Å². The van der Waals surface area contributed by atoms with Gasteiger partial charge in [-0.15, -0.1) is 0 Å². The van der Waals surface area contributed by atoms with Gasteiger partial charge in [-0.2, -0.15) is 0 Å². The summed E-state index contributed by atoms with van der Waals surface area (Å²) in [6.07, 6.45) is 2.00. The predicted molar refractivity (Wildman–Crippen MR) is 106 cm³/mol. The average Bonchev–Trinajstić information content (AvgIpc) is 2.91. The van der Waals surface area contributed by atoms with Crippen LogP contribution < -0.4 is 15.4 Å². The third-order valence-electron chi connectivity index (χ3n) is 5.49. The summed E-state index contributed by atoms with van der Waals surface area (Å²) in [6.45, 7) is 2.83. The number of imide groups is 1. The number of rotatable bonds is 5. The molecule has 28 heavy (non-hydrogen) atoms. The molecule has 0 bridgehead atoms. The van der Waals surface area contributed by atoms with Crippen molar-refractivity contribution in [2.45, 2.75) is 44.1 Å². The highest BCUT2D eigenvalue weighted by Gasteiger charge is 2.42. The number of carbonyl (C=O) groups excluding carboxylic acids is 3. The third-order valence-corrected chi connectivity index (χ3v) is 5.98. The number of urea groups is 1. The highest BCUT2D eigenvalue weighted by molar-refractivity contribution is 6.35.